The number of nitrogens with one attached hydrogen (secondary N) is 1. The topological polar surface area (TPSA) is 45.4 Å². The fourth-order valence-corrected chi connectivity index (χ4v) is 1.92. The van der Waals surface area contributed by atoms with Gasteiger partial charge in [-0.15, -0.1) is 0 Å². The molecule has 0 bridgehead atoms. The number of alkyl halides is 1. The highest BCUT2D eigenvalue weighted by Gasteiger charge is 2.37. The summed E-state index contributed by atoms with van der Waals surface area (Å²) in [6.45, 7) is 1.13. The zero-order valence-corrected chi connectivity index (χ0v) is 9.90. The van der Waals surface area contributed by atoms with E-state index in [1.807, 2.05) is 6.07 Å². The number of halogens is 1. The van der Waals surface area contributed by atoms with Crippen molar-refractivity contribution in [1.29, 1.82) is 0 Å². The minimum atomic E-state index is -1.81. The molecule has 0 radical (unpaired) electrons. The average Bonchev–Trinajstić information content (AvgIpc) is 2.83. The predicted octanol–water partition coefficient (Wildman–Crippen LogP) is 2.20. The average molecular weight is 237 g/mol. The van der Waals surface area contributed by atoms with Gasteiger partial charge in [0.15, 0.2) is 5.67 Å². The molecule has 2 N–H and O–H groups in total. The highest BCUT2D eigenvalue weighted by atomic mass is 19.1. The Morgan fingerprint density at radius 1 is 1.47 bits per heavy atom. The van der Waals surface area contributed by atoms with Crippen LogP contribution in [0.25, 0.3) is 11.0 Å². The van der Waals surface area contributed by atoms with E-state index in [4.69, 9.17) is 4.42 Å². The van der Waals surface area contributed by atoms with Gasteiger partial charge in [-0.3, -0.25) is 0 Å². The first-order valence-corrected chi connectivity index (χ1v) is 5.56. The van der Waals surface area contributed by atoms with Crippen LogP contribution in [0.15, 0.2) is 34.9 Å². The molecule has 1 heterocycles. The van der Waals surface area contributed by atoms with Crippen LogP contribution in [-0.4, -0.2) is 24.8 Å². The van der Waals surface area contributed by atoms with E-state index in [0.29, 0.717) is 11.1 Å². The number of furan rings is 1. The van der Waals surface area contributed by atoms with Gasteiger partial charge in [0.25, 0.3) is 0 Å². The Kier molecular flexibility index (Phi) is 3.17. The van der Waals surface area contributed by atoms with Crippen molar-refractivity contribution in [3.05, 3.63) is 36.1 Å². The summed E-state index contributed by atoms with van der Waals surface area (Å²) >= 11 is 0. The number of aliphatic hydroxyl groups excluding tert-OH is 1. The smallest absolute Gasteiger partial charge is 0.173 e. The van der Waals surface area contributed by atoms with Crippen molar-refractivity contribution < 1.29 is 13.9 Å². The van der Waals surface area contributed by atoms with Gasteiger partial charge in [0.05, 0.1) is 12.9 Å². The molecule has 2 rings (SSSR count). The Morgan fingerprint density at radius 2 is 2.24 bits per heavy atom. The van der Waals surface area contributed by atoms with Crippen LogP contribution in [-0.2, 0) is 5.67 Å². The van der Waals surface area contributed by atoms with Crippen LogP contribution in [0.2, 0.25) is 0 Å². The molecule has 3 nitrogen and oxygen atoms in total. The summed E-state index contributed by atoms with van der Waals surface area (Å²) in [4.78, 5) is 0. The first-order chi connectivity index (χ1) is 8.11. The number of aliphatic hydroxyl groups is 1. The lowest BCUT2D eigenvalue weighted by atomic mass is 9.89. The van der Waals surface area contributed by atoms with E-state index >= 15 is 0 Å². The summed E-state index contributed by atoms with van der Waals surface area (Å²) in [7, 11) is 1.67. The van der Waals surface area contributed by atoms with Crippen molar-refractivity contribution in [3.8, 4) is 0 Å². The van der Waals surface area contributed by atoms with Gasteiger partial charge in [0.2, 0.25) is 0 Å². The maximum atomic E-state index is 14.7. The molecule has 92 valence electrons. The lowest BCUT2D eigenvalue weighted by Crippen LogP contribution is -2.44. The number of hydrogen-bond acceptors (Lipinski definition) is 3. The number of benzene rings is 1. The second kappa shape index (κ2) is 4.47. The molecule has 1 aromatic carbocycles. The van der Waals surface area contributed by atoms with E-state index in [-0.39, 0.29) is 0 Å². The summed E-state index contributed by atoms with van der Waals surface area (Å²) in [6, 6.07) is 6.45. The molecule has 2 atom stereocenters. The third kappa shape index (κ3) is 1.94. The minimum absolute atomic E-state index is 0.421. The van der Waals surface area contributed by atoms with Gasteiger partial charge in [0.1, 0.15) is 5.58 Å². The Bertz CT molecular complexity index is 511. The molecule has 0 aliphatic rings. The number of likely N-dealkylation sites (N-methyl/N-ethyl adjacent to an activating group) is 1. The number of fused-ring (bicyclic) bond motifs is 1. The zero-order chi connectivity index (χ0) is 12.5. The molecule has 0 amide bonds. The van der Waals surface area contributed by atoms with E-state index in [1.165, 1.54) is 0 Å². The summed E-state index contributed by atoms with van der Waals surface area (Å²) in [5, 5.41) is 13.1. The van der Waals surface area contributed by atoms with Gasteiger partial charge in [-0.1, -0.05) is 12.1 Å². The molecule has 2 aromatic rings. The van der Waals surface area contributed by atoms with Crippen molar-refractivity contribution >= 4 is 11.0 Å². The normalized spacial score (nSPS) is 16.9. The largest absolute Gasteiger partial charge is 0.464 e. The van der Waals surface area contributed by atoms with E-state index in [0.717, 1.165) is 5.39 Å². The fraction of sp³-hybridized carbons (Fsp3) is 0.385. The molecule has 0 saturated heterocycles. The Hall–Kier alpha value is -1.39. The Balaban J connectivity index is 2.48. The Morgan fingerprint density at radius 3 is 2.88 bits per heavy atom. The fourth-order valence-electron chi connectivity index (χ4n) is 1.92. The van der Waals surface area contributed by atoms with Crippen LogP contribution in [0, 0.1) is 0 Å². The van der Waals surface area contributed by atoms with Crippen molar-refractivity contribution in [2.75, 3.05) is 13.7 Å². The minimum Gasteiger partial charge on any atom is -0.464 e. The molecule has 0 fully saturated rings. The standard InChI is InChI=1S/C13H16FNO2/c1-9(15-2)13(14,8-16)11-4-3-10-5-6-17-12(10)7-11/h3-7,9,15-16H,8H2,1-2H3. The van der Waals surface area contributed by atoms with Crippen molar-refractivity contribution in [2.45, 2.75) is 18.6 Å². The monoisotopic (exact) mass is 237 g/mol. The third-order valence-corrected chi connectivity index (χ3v) is 3.29. The quantitative estimate of drug-likeness (QED) is 0.856. The molecule has 4 heteroatoms. The van der Waals surface area contributed by atoms with Crippen molar-refractivity contribution in [1.82, 2.24) is 5.32 Å². The van der Waals surface area contributed by atoms with Crippen molar-refractivity contribution in [2.24, 2.45) is 0 Å². The summed E-state index contributed by atoms with van der Waals surface area (Å²) in [5.41, 5.74) is -0.763. The van der Waals surface area contributed by atoms with Gasteiger partial charge < -0.3 is 14.8 Å². The highest BCUT2D eigenvalue weighted by Crippen LogP contribution is 2.31. The molecular formula is C13H16FNO2. The van der Waals surface area contributed by atoms with Crippen LogP contribution in [0.1, 0.15) is 12.5 Å². The van der Waals surface area contributed by atoms with Crippen molar-refractivity contribution in [3.63, 3.8) is 0 Å². The number of rotatable bonds is 4. The Labute approximate surface area is 99.2 Å². The second-order valence-corrected chi connectivity index (χ2v) is 4.20. The van der Waals surface area contributed by atoms with E-state index in [9.17, 15) is 9.50 Å². The molecular weight excluding hydrogens is 221 g/mol. The maximum Gasteiger partial charge on any atom is 0.173 e. The highest BCUT2D eigenvalue weighted by molar-refractivity contribution is 5.77. The van der Waals surface area contributed by atoms with E-state index in [2.05, 4.69) is 5.32 Å². The zero-order valence-electron chi connectivity index (χ0n) is 9.90. The lowest BCUT2D eigenvalue weighted by molar-refractivity contribution is 0.0390. The van der Waals surface area contributed by atoms with E-state index in [1.54, 1.807) is 38.4 Å². The lowest BCUT2D eigenvalue weighted by Gasteiger charge is -2.29. The SMILES string of the molecule is CNC(C)C(F)(CO)c1ccc2ccoc2c1. The summed E-state index contributed by atoms with van der Waals surface area (Å²) < 4.78 is 20.0. The molecule has 2 unspecified atom stereocenters. The molecule has 0 aliphatic carbocycles. The van der Waals surface area contributed by atoms with Gasteiger partial charge in [0, 0.05) is 11.4 Å². The molecule has 0 spiro atoms. The second-order valence-electron chi connectivity index (χ2n) is 4.20. The summed E-state index contributed by atoms with van der Waals surface area (Å²) in [6.07, 6.45) is 1.56. The van der Waals surface area contributed by atoms with Crippen LogP contribution in [0.3, 0.4) is 0 Å². The van der Waals surface area contributed by atoms with Gasteiger partial charge in [-0.25, -0.2) is 4.39 Å². The van der Waals surface area contributed by atoms with Gasteiger partial charge >= 0.3 is 0 Å². The molecule has 1 aromatic heterocycles. The van der Waals surface area contributed by atoms with Gasteiger partial charge in [-0.05, 0) is 31.7 Å². The first kappa shape index (κ1) is 12.1. The van der Waals surface area contributed by atoms with Gasteiger partial charge in [-0.2, -0.15) is 0 Å². The van der Waals surface area contributed by atoms with Crippen LogP contribution in [0.4, 0.5) is 4.39 Å². The number of hydrogen-bond donors (Lipinski definition) is 2. The molecule has 0 saturated carbocycles. The first-order valence-electron chi connectivity index (χ1n) is 5.56. The predicted molar refractivity (Wildman–Crippen MR) is 64.6 cm³/mol. The van der Waals surface area contributed by atoms with Crippen LogP contribution in [0.5, 0.6) is 0 Å². The molecule has 0 aliphatic heterocycles. The van der Waals surface area contributed by atoms with E-state index < -0.39 is 18.3 Å². The van der Waals surface area contributed by atoms with Crippen LogP contribution >= 0.6 is 0 Å². The summed E-state index contributed by atoms with van der Waals surface area (Å²) in [5.74, 6) is 0. The molecule has 17 heavy (non-hydrogen) atoms. The third-order valence-electron chi connectivity index (χ3n) is 3.29. The van der Waals surface area contributed by atoms with Crippen LogP contribution < -0.4 is 5.32 Å². The maximum absolute atomic E-state index is 14.7.